The van der Waals surface area contributed by atoms with Gasteiger partial charge in [-0.3, -0.25) is 4.98 Å². The van der Waals surface area contributed by atoms with Crippen LogP contribution in [0.15, 0.2) is 41.3 Å². The molecule has 0 aliphatic carbocycles. The number of aromatic nitrogens is 1. The van der Waals surface area contributed by atoms with Crippen LogP contribution in [0.4, 0.5) is 0 Å². The first-order chi connectivity index (χ1) is 8.72. The Morgan fingerprint density at radius 2 is 2.00 bits per heavy atom. The van der Waals surface area contributed by atoms with Crippen molar-refractivity contribution in [3.63, 3.8) is 0 Å². The molecule has 2 heterocycles. The van der Waals surface area contributed by atoms with Crippen LogP contribution < -0.4 is 5.32 Å². The van der Waals surface area contributed by atoms with Gasteiger partial charge in [0.1, 0.15) is 5.76 Å². The Morgan fingerprint density at radius 3 is 2.56 bits per heavy atom. The standard InChI is InChI=1S/C15H20N2O/c1-4-17-15(14-9-11(2)18-10-14)12(3)13-5-7-16-8-6-13/h5-10,12,15,17H,4H2,1-3H3. The van der Waals surface area contributed by atoms with Gasteiger partial charge in [0.25, 0.3) is 0 Å². The molecule has 0 aliphatic heterocycles. The van der Waals surface area contributed by atoms with Gasteiger partial charge in [-0.05, 0) is 37.2 Å². The van der Waals surface area contributed by atoms with Gasteiger partial charge in [0.05, 0.1) is 6.26 Å². The van der Waals surface area contributed by atoms with Gasteiger partial charge in [0.2, 0.25) is 0 Å². The summed E-state index contributed by atoms with van der Waals surface area (Å²) < 4.78 is 5.43. The fourth-order valence-corrected chi connectivity index (χ4v) is 2.29. The van der Waals surface area contributed by atoms with E-state index in [1.165, 1.54) is 11.1 Å². The molecule has 3 nitrogen and oxygen atoms in total. The third kappa shape index (κ3) is 2.79. The van der Waals surface area contributed by atoms with Gasteiger partial charge in [-0.1, -0.05) is 13.8 Å². The second-order valence-electron chi connectivity index (χ2n) is 4.60. The molecule has 0 saturated heterocycles. The lowest BCUT2D eigenvalue weighted by molar-refractivity contribution is 0.468. The van der Waals surface area contributed by atoms with Crippen LogP contribution in [0.2, 0.25) is 0 Å². The number of furan rings is 1. The summed E-state index contributed by atoms with van der Waals surface area (Å²) in [5.41, 5.74) is 2.49. The van der Waals surface area contributed by atoms with Crippen LogP contribution in [0, 0.1) is 6.92 Å². The molecule has 2 unspecified atom stereocenters. The summed E-state index contributed by atoms with van der Waals surface area (Å²) in [6.45, 7) is 7.26. The minimum absolute atomic E-state index is 0.273. The summed E-state index contributed by atoms with van der Waals surface area (Å²) in [5.74, 6) is 1.33. The number of likely N-dealkylation sites (N-methyl/N-ethyl adjacent to an activating group) is 1. The third-order valence-electron chi connectivity index (χ3n) is 3.27. The van der Waals surface area contributed by atoms with Crippen LogP contribution in [-0.4, -0.2) is 11.5 Å². The fraction of sp³-hybridized carbons (Fsp3) is 0.400. The van der Waals surface area contributed by atoms with Gasteiger partial charge in [0.15, 0.2) is 0 Å². The Bertz CT molecular complexity index is 478. The smallest absolute Gasteiger partial charge is 0.101 e. The van der Waals surface area contributed by atoms with Crippen molar-refractivity contribution in [2.75, 3.05) is 6.54 Å². The average Bonchev–Trinajstić information content (AvgIpc) is 2.82. The summed E-state index contributed by atoms with van der Waals surface area (Å²) in [7, 11) is 0. The van der Waals surface area contributed by atoms with E-state index in [2.05, 4.69) is 42.3 Å². The maximum absolute atomic E-state index is 5.43. The second kappa shape index (κ2) is 5.83. The highest BCUT2D eigenvalue weighted by Crippen LogP contribution is 2.31. The van der Waals surface area contributed by atoms with Crippen LogP contribution in [0.25, 0.3) is 0 Å². The predicted octanol–water partition coefficient (Wildman–Crippen LogP) is 3.44. The summed E-state index contributed by atoms with van der Waals surface area (Å²) in [6.07, 6.45) is 5.53. The summed E-state index contributed by atoms with van der Waals surface area (Å²) in [4.78, 5) is 4.07. The minimum Gasteiger partial charge on any atom is -0.469 e. The molecule has 0 saturated carbocycles. The van der Waals surface area contributed by atoms with E-state index in [0.29, 0.717) is 5.92 Å². The van der Waals surface area contributed by atoms with Gasteiger partial charge in [0, 0.05) is 29.9 Å². The van der Waals surface area contributed by atoms with Crippen molar-refractivity contribution in [2.24, 2.45) is 0 Å². The summed E-state index contributed by atoms with van der Waals surface area (Å²) in [5, 5.41) is 3.53. The van der Waals surface area contributed by atoms with E-state index in [1.54, 1.807) is 0 Å². The van der Waals surface area contributed by atoms with Gasteiger partial charge >= 0.3 is 0 Å². The quantitative estimate of drug-likeness (QED) is 0.875. The predicted molar refractivity (Wildman–Crippen MR) is 72.5 cm³/mol. The van der Waals surface area contributed by atoms with Crippen LogP contribution in [0.5, 0.6) is 0 Å². The summed E-state index contributed by atoms with van der Waals surface area (Å²) in [6, 6.07) is 6.52. The molecule has 3 heteroatoms. The SMILES string of the molecule is CCNC(c1coc(C)c1)C(C)c1ccncc1. The molecule has 2 aromatic heterocycles. The van der Waals surface area contributed by atoms with Crippen LogP contribution in [-0.2, 0) is 0 Å². The molecule has 0 fully saturated rings. The number of aryl methyl sites for hydroxylation is 1. The van der Waals surface area contributed by atoms with Gasteiger partial charge < -0.3 is 9.73 Å². The number of hydrogen-bond acceptors (Lipinski definition) is 3. The fourth-order valence-electron chi connectivity index (χ4n) is 2.29. The van der Waals surface area contributed by atoms with E-state index in [1.807, 2.05) is 25.6 Å². The van der Waals surface area contributed by atoms with E-state index < -0.39 is 0 Å². The lowest BCUT2D eigenvalue weighted by Crippen LogP contribution is -2.25. The van der Waals surface area contributed by atoms with Crippen molar-refractivity contribution in [1.82, 2.24) is 10.3 Å². The zero-order chi connectivity index (χ0) is 13.0. The number of nitrogens with zero attached hydrogens (tertiary/aromatic N) is 1. The zero-order valence-electron chi connectivity index (χ0n) is 11.2. The monoisotopic (exact) mass is 244 g/mol. The molecular formula is C15H20N2O. The summed E-state index contributed by atoms with van der Waals surface area (Å²) >= 11 is 0. The first-order valence-electron chi connectivity index (χ1n) is 6.40. The van der Waals surface area contributed by atoms with E-state index >= 15 is 0 Å². The lowest BCUT2D eigenvalue weighted by Gasteiger charge is -2.24. The van der Waals surface area contributed by atoms with Crippen molar-refractivity contribution >= 4 is 0 Å². The Balaban J connectivity index is 2.25. The van der Waals surface area contributed by atoms with Crippen molar-refractivity contribution in [2.45, 2.75) is 32.7 Å². The molecule has 0 aromatic carbocycles. The van der Waals surface area contributed by atoms with Gasteiger partial charge in [-0.25, -0.2) is 0 Å². The Morgan fingerprint density at radius 1 is 1.28 bits per heavy atom. The molecule has 1 N–H and O–H groups in total. The normalized spacial score (nSPS) is 14.4. The highest BCUT2D eigenvalue weighted by Gasteiger charge is 2.21. The highest BCUT2D eigenvalue weighted by atomic mass is 16.3. The van der Waals surface area contributed by atoms with Crippen molar-refractivity contribution in [3.8, 4) is 0 Å². The second-order valence-corrected chi connectivity index (χ2v) is 4.60. The number of nitrogens with one attached hydrogen (secondary N) is 1. The molecule has 0 spiro atoms. The van der Waals surface area contributed by atoms with E-state index in [9.17, 15) is 0 Å². The molecule has 0 amide bonds. The average molecular weight is 244 g/mol. The topological polar surface area (TPSA) is 38.1 Å². The Labute approximate surface area is 108 Å². The van der Waals surface area contributed by atoms with E-state index in [4.69, 9.17) is 4.42 Å². The Hall–Kier alpha value is -1.61. The number of hydrogen-bond donors (Lipinski definition) is 1. The first-order valence-corrected chi connectivity index (χ1v) is 6.40. The third-order valence-corrected chi connectivity index (χ3v) is 3.27. The molecule has 18 heavy (non-hydrogen) atoms. The maximum Gasteiger partial charge on any atom is 0.101 e. The molecule has 96 valence electrons. The molecule has 2 rings (SSSR count). The van der Waals surface area contributed by atoms with Crippen LogP contribution in [0.1, 0.15) is 42.7 Å². The maximum atomic E-state index is 5.43. The number of rotatable bonds is 5. The zero-order valence-corrected chi connectivity index (χ0v) is 11.2. The van der Waals surface area contributed by atoms with E-state index in [-0.39, 0.29) is 6.04 Å². The molecule has 2 atom stereocenters. The van der Waals surface area contributed by atoms with Gasteiger partial charge in [-0.15, -0.1) is 0 Å². The minimum atomic E-state index is 0.273. The molecule has 0 bridgehead atoms. The highest BCUT2D eigenvalue weighted by molar-refractivity contribution is 5.25. The van der Waals surface area contributed by atoms with Crippen molar-refractivity contribution in [1.29, 1.82) is 0 Å². The molecule has 0 radical (unpaired) electrons. The largest absolute Gasteiger partial charge is 0.469 e. The van der Waals surface area contributed by atoms with Crippen LogP contribution in [0.3, 0.4) is 0 Å². The molecule has 0 aliphatic rings. The molecule has 2 aromatic rings. The molecular weight excluding hydrogens is 224 g/mol. The van der Waals surface area contributed by atoms with Crippen molar-refractivity contribution < 1.29 is 4.42 Å². The number of pyridine rings is 1. The first kappa shape index (κ1) is 12.8. The van der Waals surface area contributed by atoms with Crippen molar-refractivity contribution in [3.05, 3.63) is 53.7 Å². The Kier molecular flexibility index (Phi) is 4.15. The van der Waals surface area contributed by atoms with Crippen LogP contribution >= 0.6 is 0 Å². The lowest BCUT2D eigenvalue weighted by atomic mass is 9.90. The van der Waals surface area contributed by atoms with E-state index in [0.717, 1.165) is 12.3 Å². The van der Waals surface area contributed by atoms with Gasteiger partial charge in [-0.2, -0.15) is 0 Å².